The number of methoxy groups -OCH3 is 1. The first-order valence-corrected chi connectivity index (χ1v) is 9.76. The molecular formula is C19H12Cl2N4O4S. The number of aromatic nitrogens is 2. The van der Waals surface area contributed by atoms with Crippen molar-refractivity contribution in [2.75, 3.05) is 7.11 Å². The number of halogens is 2. The summed E-state index contributed by atoms with van der Waals surface area (Å²) in [6.45, 7) is 0. The van der Waals surface area contributed by atoms with Crippen molar-refractivity contribution in [1.29, 1.82) is 5.26 Å². The Labute approximate surface area is 184 Å². The molecular weight excluding hydrogens is 451 g/mol. The molecule has 0 bridgehead atoms. The fraction of sp³-hybridized carbons (Fsp3) is 0.0526. The van der Waals surface area contributed by atoms with E-state index in [1.54, 1.807) is 30.3 Å². The number of nitrogens with one attached hydrogen (secondary N) is 1. The highest BCUT2D eigenvalue weighted by Crippen LogP contribution is 2.39. The molecule has 30 heavy (non-hydrogen) atoms. The van der Waals surface area contributed by atoms with Gasteiger partial charge >= 0.3 is 5.69 Å². The highest BCUT2D eigenvalue weighted by molar-refractivity contribution is 8.03. The van der Waals surface area contributed by atoms with Crippen molar-refractivity contribution >= 4 is 46.9 Å². The molecule has 3 aromatic rings. The standard InChI is InChI=1S/C19H12Cl2N4O4S/c1-29-13-5-3-2-4-12(13)25-18(27)10(17(26)24-19(25)28)8-23-11-6-7-14(30-9-22)16(21)15(11)20/h2-8,27H,1H3,(H,24,26,28). The Morgan fingerprint density at radius 1 is 1.23 bits per heavy atom. The van der Waals surface area contributed by atoms with E-state index >= 15 is 0 Å². The third-order valence-electron chi connectivity index (χ3n) is 3.96. The number of thioether (sulfide) groups is 1. The van der Waals surface area contributed by atoms with E-state index in [4.69, 9.17) is 33.2 Å². The number of H-pyrrole nitrogens is 1. The van der Waals surface area contributed by atoms with Crippen LogP contribution in [-0.4, -0.2) is 28.0 Å². The fourth-order valence-electron chi connectivity index (χ4n) is 2.58. The minimum atomic E-state index is -0.849. The molecule has 0 aliphatic carbocycles. The van der Waals surface area contributed by atoms with E-state index in [9.17, 15) is 14.7 Å². The smallest absolute Gasteiger partial charge is 0.335 e. The quantitative estimate of drug-likeness (QED) is 0.337. The van der Waals surface area contributed by atoms with Crippen LogP contribution in [-0.2, 0) is 0 Å². The summed E-state index contributed by atoms with van der Waals surface area (Å²) in [6, 6.07) is 9.54. The van der Waals surface area contributed by atoms with Crippen LogP contribution >= 0.6 is 35.0 Å². The van der Waals surface area contributed by atoms with Crippen LogP contribution in [0, 0.1) is 10.7 Å². The maximum absolute atomic E-state index is 12.3. The monoisotopic (exact) mass is 462 g/mol. The number of aliphatic imine (C=N–C) groups is 1. The number of aromatic hydroxyl groups is 1. The lowest BCUT2D eigenvalue weighted by atomic mass is 10.2. The van der Waals surface area contributed by atoms with E-state index < -0.39 is 17.1 Å². The van der Waals surface area contributed by atoms with E-state index in [1.165, 1.54) is 13.2 Å². The lowest BCUT2D eigenvalue weighted by Gasteiger charge is -2.13. The molecule has 2 N–H and O–H groups in total. The molecule has 1 heterocycles. The van der Waals surface area contributed by atoms with Gasteiger partial charge in [0.05, 0.1) is 28.5 Å². The fourth-order valence-corrected chi connectivity index (χ4v) is 3.55. The summed E-state index contributed by atoms with van der Waals surface area (Å²) >= 11 is 13.2. The molecule has 8 nitrogen and oxygen atoms in total. The summed E-state index contributed by atoms with van der Waals surface area (Å²) in [5, 5.41) is 21.5. The lowest BCUT2D eigenvalue weighted by molar-refractivity contribution is 0.401. The van der Waals surface area contributed by atoms with Gasteiger partial charge in [0, 0.05) is 11.1 Å². The Morgan fingerprint density at radius 3 is 2.67 bits per heavy atom. The third kappa shape index (κ3) is 4.07. The molecule has 0 radical (unpaired) electrons. The number of hydrogen-bond acceptors (Lipinski definition) is 7. The molecule has 152 valence electrons. The molecule has 0 aliphatic heterocycles. The zero-order valence-corrected chi connectivity index (χ0v) is 17.5. The first-order chi connectivity index (χ1) is 14.4. The van der Waals surface area contributed by atoms with Gasteiger partial charge in [-0.2, -0.15) is 5.26 Å². The Kier molecular flexibility index (Phi) is 6.52. The van der Waals surface area contributed by atoms with Gasteiger partial charge in [-0.05, 0) is 36.0 Å². The zero-order chi connectivity index (χ0) is 21.8. The first-order valence-electron chi connectivity index (χ1n) is 8.18. The van der Waals surface area contributed by atoms with Crippen LogP contribution in [0.15, 0.2) is 55.9 Å². The summed E-state index contributed by atoms with van der Waals surface area (Å²) in [7, 11) is 1.41. The minimum Gasteiger partial charge on any atom is -0.495 e. The number of ether oxygens (including phenoxy) is 1. The predicted molar refractivity (Wildman–Crippen MR) is 116 cm³/mol. The largest absolute Gasteiger partial charge is 0.495 e. The third-order valence-corrected chi connectivity index (χ3v) is 5.60. The van der Waals surface area contributed by atoms with E-state index in [-0.39, 0.29) is 27.0 Å². The summed E-state index contributed by atoms with van der Waals surface area (Å²) in [4.78, 5) is 31.3. The molecule has 0 saturated carbocycles. The average molecular weight is 463 g/mol. The Hall–Kier alpha value is -3.19. The van der Waals surface area contributed by atoms with Crippen LogP contribution in [0.3, 0.4) is 0 Å². The molecule has 2 aromatic carbocycles. The topological polar surface area (TPSA) is 120 Å². The van der Waals surface area contributed by atoms with Gasteiger partial charge in [-0.1, -0.05) is 35.3 Å². The maximum atomic E-state index is 12.3. The number of nitriles is 1. The van der Waals surface area contributed by atoms with Gasteiger partial charge < -0.3 is 9.84 Å². The lowest BCUT2D eigenvalue weighted by Crippen LogP contribution is -2.31. The normalized spacial score (nSPS) is 10.9. The van der Waals surface area contributed by atoms with Gasteiger partial charge in [0.25, 0.3) is 5.56 Å². The summed E-state index contributed by atoms with van der Waals surface area (Å²) < 4.78 is 6.11. The van der Waals surface area contributed by atoms with Crippen molar-refractivity contribution in [3.8, 4) is 22.7 Å². The zero-order valence-electron chi connectivity index (χ0n) is 15.2. The average Bonchev–Trinajstić information content (AvgIpc) is 2.73. The molecule has 0 amide bonds. The molecule has 0 atom stereocenters. The van der Waals surface area contributed by atoms with Crippen LogP contribution in [0.25, 0.3) is 5.69 Å². The number of rotatable bonds is 5. The summed E-state index contributed by atoms with van der Waals surface area (Å²) in [6.07, 6.45) is 1.06. The van der Waals surface area contributed by atoms with E-state index in [0.29, 0.717) is 10.6 Å². The van der Waals surface area contributed by atoms with Crippen molar-refractivity contribution < 1.29 is 9.84 Å². The molecule has 0 fully saturated rings. The summed E-state index contributed by atoms with van der Waals surface area (Å²) in [5.41, 5.74) is -1.53. The second-order valence-corrected chi connectivity index (χ2v) is 7.25. The van der Waals surface area contributed by atoms with Crippen LogP contribution in [0.1, 0.15) is 5.56 Å². The van der Waals surface area contributed by atoms with E-state index in [2.05, 4.69) is 9.98 Å². The Bertz CT molecular complexity index is 1310. The van der Waals surface area contributed by atoms with Gasteiger partial charge in [-0.3, -0.25) is 14.8 Å². The number of aromatic amines is 1. The predicted octanol–water partition coefficient (Wildman–Crippen LogP) is 3.87. The SMILES string of the molecule is COc1ccccc1-n1c(O)c(C=Nc2ccc(SC#N)c(Cl)c2Cl)c(=O)[nH]c1=O. The van der Waals surface area contributed by atoms with Crippen molar-refractivity contribution in [3.05, 3.63) is 72.8 Å². The van der Waals surface area contributed by atoms with Crippen LogP contribution < -0.4 is 16.0 Å². The number of thiocyanates is 1. The summed E-state index contributed by atoms with van der Waals surface area (Å²) in [5.74, 6) is -0.318. The van der Waals surface area contributed by atoms with E-state index in [0.717, 1.165) is 22.5 Å². The molecule has 0 spiro atoms. The number of hydrogen-bond donors (Lipinski definition) is 2. The maximum Gasteiger partial charge on any atom is 0.335 e. The second kappa shape index (κ2) is 9.09. The Morgan fingerprint density at radius 2 is 1.97 bits per heavy atom. The van der Waals surface area contributed by atoms with Gasteiger partial charge in [-0.25, -0.2) is 9.36 Å². The molecule has 3 rings (SSSR count). The van der Waals surface area contributed by atoms with E-state index in [1.807, 2.05) is 5.40 Å². The van der Waals surface area contributed by atoms with Crippen molar-refractivity contribution in [2.45, 2.75) is 4.90 Å². The second-order valence-electron chi connectivity index (χ2n) is 5.67. The first kappa shape index (κ1) is 21.5. The van der Waals surface area contributed by atoms with Gasteiger partial charge in [-0.15, -0.1) is 0 Å². The minimum absolute atomic E-state index is 0.0714. The molecule has 11 heteroatoms. The van der Waals surface area contributed by atoms with Gasteiger partial charge in [0.15, 0.2) is 0 Å². The number of para-hydroxylation sites is 2. The van der Waals surface area contributed by atoms with Crippen LogP contribution in [0.5, 0.6) is 11.6 Å². The van der Waals surface area contributed by atoms with Crippen LogP contribution in [0.4, 0.5) is 5.69 Å². The van der Waals surface area contributed by atoms with Crippen LogP contribution in [0.2, 0.25) is 10.0 Å². The molecule has 1 aromatic heterocycles. The molecule has 0 aliphatic rings. The highest BCUT2D eigenvalue weighted by Gasteiger charge is 2.17. The molecule has 0 saturated heterocycles. The van der Waals surface area contributed by atoms with Crippen molar-refractivity contribution in [1.82, 2.24) is 9.55 Å². The Balaban J connectivity index is 2.13. The van der Waals surface area contributed by atoms with Crippen molar-refractivity contribution in [3.63, 3.8) is 0 Å². The van der Waals surface area contributed by atoms with Gasteiger partial charge in [0.2, 0.25) is 5.88 Å². The molecule has 0 unspecified atom stereocenters. The van der Waals surface area contributed by atoms with Crippen molar-refractivity contribution in [2.24, 2.45) is 4.99 Å². The highest BCUT2D eigenvalue weighted by atomic mass is 35.5. The number of nitrogens with zero attached hydrogens (tertiary/aromatic N) is 3. The number of benzene rings is 2. The van der Waals surface area contributed by atoms with Gasteiger partial charge in [0.1, 0.15) is 16.7 Å².